The van der Waals surface area contributed by atoms with E-state index in [9.17, 15) is 9.59 Å². The third-order valence-corrected chi connectivity index (χ3v) is 3.32. The van der Waals surface area contributed by atoms with E-state index in [1.54, 1.807) is 6.07 Å². The van der Waals surface area contributed by atoms with Crippen LogP contribution in [-0.4, -0.2) is 31.5 Å². The second kappa shape index (κ2) is 10.2. The predicted octanol–water partition coefficient (Wildman–Crippen LogP) is 2.12. The van der Waals surface area contributed by atoms with E-state index < -0.39 is 0 Å². The van der Waals surface area contributed by atoms with E-state index in [-0.39, 0.29) is 18.2 Å². The Morgan fingerprint density at radius 2 is 1.88 bits per heavy atom. The molecule has 2 aromatic rings. The first-order chi connectivity index (χ1) is 11.8. The van der Waals surface area contributed by atoms with Crippen molar-refractivity contribution in [1.29, 1.82) is 0 Å². The molecule has 0 bridgehead atoms. The van der Waals surface area contributed by atoms with Gasteiger partial charge in [0.25, 0.3) is 5.91 Å². The standard InChI is InChI=1S/C18H22N2O4/c21-17(7-10-20-18(22)16-8-12-24-14-16)19-9-4-11-23-13-15-5-2-1-3-6-15/h1-3,5-6,8,12,14H,4,7,9-11,13H2,(H,19,21)(H,20,22). The Morgan fingerprint density at radius 3 is 2.62 bits per heavy atom. The van der Waals surface area contributed by atoms with Gasteiger partial charge in [-0.2, -0.15) is 0 Å². The van der Waals surface area contributed by atoms with Crippen molar-refractivity contribution in [3.05, 3.63) is 60.1 Å². The molecule has 0 spiro atoms. The van der Waals surface area contributed by atoms with Crippen LogP contribution in [0.1, 0.15) is 28.8 Å². The molecule has 1 heterocycles. The lowest BCUT2D eigenvalue weighted by atomic mass is 10.2. The van der Waals surface area contributed by atoms with E-state index in [0.717, 1.165) is 12.0 Å². The van der Waals surface area contributed by atoms with Gasteiger partial charge in [0.2, 0.25) is 5.91 Å². The molecule has 0 saturated carbocycles. The summed E-state index contributed by atoms with van der Waals surface area (Å²) in [5.74, 6) is -0.337. The van der Waals surface area contributed by atoms with Crippen molar-refractivity contribution in [3.8, 4) is 0 Å². The van der Waals surface area contributed by atoms with Crippen LogP contribution in [0.3, 0.4) is 0 Å². The number of furan rings is 1. The zero-order valence-electron chi connectivity index (χ0n) is 13.5. The van der Waals surface area contributed by atoms with Crippen molar-refractivity contribution in [2.45, 2.75) is 19.4 Å². The molecule has 0 aliphatic rings. The molecular weight excluding hydrogens is 308 g/mol. The van der Waals surface area contributed by atoms with Crippen LogP contribution in [0, 0.1) is 0 Å². The Balaban J connectivity index is 1.46. The van der Waals surface area contributed by atoms with Crippen molar-refractivity contribution in [3.63, 3.8) is 0 Å². The van der Waals surface area contributed by atoms with Crippen molar-refractivity contribution < 1.29 is 18.7 Å². The predicted molar refractivity (Wildman–Crippen MR) is 89.4 cm³/mol. The minimum atomic E-state index is -0.245. The van der Waals surface area contributed by atoms with Crippen LogP contribution >= 0.6 is 0 Å². The van der Waals surface area contributed by atoms with Crippen molar-refractivity contribution in [2.24, 2.45) is 0 Å². The molecule has 1 aromatic carbocycles. The van der Waals surface area contributed by atoms with Gasteiger partial charge < -0.3 is 19.8 Å². The molecule has 0 saturated heterocycles. The van der Waals surface area contributed by atoms with E-state index in [0.29, 0.717) is 31.9 Å². The van der Waals surface area contributed by atoms with Gasteiger partial charge in [0.1, 0.15) is 6.26 Å². The van der Waals surface area contributed by atoms with Gasteiger partial charge in [-0.1, -0.05) is 30.3 Å². The van der Waals surface area contributed by atoms with Gasteiger partial charge >= 0.3 is 0 Å². The highest BCUT2D eigenvalue weighted by atomic mass is 16.5. The highest BCUT2D eigenvalue weighted by Gasteiger charge is 2.07. The summed E-state index contributed by atoms with van der Waals surface area (Å²) in [6.45, 7) is 2.02. The van der Waals surface area contributed by atoms with Crippen LogP contribution in [0.2, 0.25) is 0 Å². The summed E-state index contributed by atoms with van der Waals surface area (Å²) in [7, 11) is 0. The Labute approximate surface area is 141 Å². The zero-order valence-corrected chi connectivity index (χ0v) is 13.5. The molecule has 0 radical (unpaired) electrons. The molecule has 2 rings (SSSR count). The number of ether oxygens (including phenoxy) is 1. The summed E-state index contributed by atoms with van der Waals surface area (Å²) in [5, 5.41) is 5.46. The molecular formula is C18H22N2O4. The molecule has 0 unspecified atom stereocenters. The van der Waals surface area contributed by atoms with Crippen molar-refractivity contribution in [1.82, 2.24) is 10.6 Å². The zero-order chi connectivity index (χ0) is 17.0. The van der Waals surface area contributed by atoms with Gasteiger partial charge in [-0.3, -0.25) is 9.59 Å². The van der Waals surface area contributed by atoms with Crippen LogP contribution in [0.25, 0.3) is 0 Å². The number of carbonyl (C=O) groups is 2. The van der Waals surface area contributed by atoms with Crippen LogP contribution in [-0.2, 0) is 16.1 Å². The fraction of sp³-hybridized carbons (Fsp3) is 0.333. The summed E-state index contributed by atoms with van der Waals surface area (Å²) in [4.78, 5) is 23.3. The van der Waals surface area contributed by atoms with Crippen molar-refractivity contribution >= 4 is 11.8 Å². The second-order valence-corrected chi connectivity index (χ2v) is 5.26. The maximum atomic E-state index is 11.6. The summed E-state index contributed by atoms with van der Waals surface area (Å²) in [6, 6.07) is 11.5. The average Bonchev–Trinajstić information content (AvgIpc) is 3.13. The quantitative estimate of drug-likeness (QED) is 0.654. The normalized spacial score (nSPS) is 10.3. The molecule has 0 fully saturated rings. The van der Waals surface area contributed by atoms with Gasteiger partial charge in [0.05, 0.1) is 18.4 Å². The first-order valence-electron chi connectivity index (χ1n) is 7.94. The van der Waals surface area contributed by atoms with Crippen LogP contribution in [0.5, 0.6) is 0 Å². The monoisotopic (exact) mass is 330 g/mol. The lowest BCUT2D eigenvalue weighted by molar-refractivity contribution is -0.121. The Kier molecular flexibility index (Phi) is 7.56. The molecule has 2 amide bonds. The summed E-state index contributed by atoms with van der Waals surface area (Å²) in [6.07, 6.45) is 3.79. The maximum absolute atomic E-state index is 11.6. The first kappa shape index (κ1) is 17.7. The summed E-state index contributed by atoms with van der Waals surface area (Å²) in [5.41, 5.74) is 1.58. The van der Waals surface area contributed by atoms with Gasteiger partial charge in [-0.25, -0.2) is 0 Å². The van der Waals surface area contributed by atoms with Gasteiger partial charge in [-0.15, -0.1) is 0 Å². The van der Waals surface area contributed by atoms with Gasteiger partial charge in [0, 0.05) is 26.1 Å². The first-order valence-corrected chi connectivity index (χ1v) is 7.94. The maximum Gasteiger partial charge on any atom is 0.254 e. The fourth-order valence-corrected chi connectivity index (χ4v) is 2.04. The van der Waals surface area contributed by atoms with Gasteiger partial charge in [0.15, 0.2) is 0 Å². The highest BCUT2D eigenvalue weighted by molar-refractivity contribution is 5.93. The molecule has 1 aromatic heterocycles. The number of carbonyl (C=O) groups excluding carboxylic acids is 2. The molecule has 0 aliphatic carbocycles. The largest absolute Gasteiger partial charge is 0.472 e. The Bertz CT molecular complexity index is 611. The van der Waals surface area contributed by atoms with E-state index in [1.165, 1.54) is 12.5 Å². The lowest BCUT2D eigenvalue weighted by Gasteiger charge is -2.07. The van der Waals surface area contributed by atoms with Crippen molar-refractivity contribution in [2.75, 3.05) is 19.7 Å². The third-order valence-electron chi connectivity index (χ3n) is 3.32. The minimum absolute atomic E-state index is 0.0921. The van der Waals surface area contributed by atoms with Gasteiger partial charge in [-0.05, 0) is 18.1 Å². The highest BCUT2D eigenvalue weighted by Crippen LogP contribution is 2.00. The molecule has 0 aliphatic heterocycles. The molecule has 128 valence electrons. The van der Waals surface area contributed by atoms with Crippen LogP contribution in [0.15, 0.2) is 53.3 Å². The third kappa shape index (κ3) is 6.66. The smallest absolute Gasteiger partial charge is 0.254 e. The second-order valence-electron chi connectivity index (χ2n) is 5.26. The number of hydrogen-bond acceptors (Lipinski definition) is 4. The van der Waals surface area contributed by atoms with Crippen LogP contribution < -0.4 is 10.6 Å². The minimum Gasteiger partial charge on any atom is -0.472 e. The van der Waals surface area contributed by atoms with E-state index >= 15 is 0 Å². The molecule has 2 N–H and O–H groups in total. The Hall–Kier alpha value is -2.60. The number of nitrogens with one attached hydrogen (secondary N) is 2. The van der Waals surface area contributed by atoms with Crippen LogP contribution in [0.4, 0.5) is 0 Å². The molecule has 24 heavy (non-hydrogen) atoms. The summed E-state index contributed by atoms with van der Waals surface area (Å²) < 4.78 is 10.4. The molecule has 6 heteroatoms. The topological polar surface area (TPSA) is 80.6 Å². The fourth-order valence-electron chi connectivity index (χ4n) is 2.04. The van der Waals surface area contributed by atoms with E-state index in [1.807, 2.05) is 30.3 Å². The van der Waals surface area contributed by atoms with E-state index in [2.05, 4.69) is 10.6 Å². The number of rotatable bonds is 10. The van der Waals surface area contributed by atoms with E-state index in [4.69, 9.17) is 9.15 Å². The Morgan fingerprint density at radius 1 is 1.04 bits per heavy atom. The number of hydrogen-bond donors (Lipinski definition) is 2. The average molecular weight is 330 g/mol. The molecule has 0 atom stereocenters. The molecule has 6 nitrogen and oxygen atoms in total. The SMILES string of the molecule is O=C(CCNC(=O)c1ccoc1)NCCCOCc1ccccc1. The lowest BCUT2D eigenvalue weighted by Crippen LogP contribution is -2.31. The summed E-state index contributed by atoms with van der Waals surface area (Å²) >= 11 is 0. The number of benzene rings is 1. The number of amides is 2.